The van der Waals surface area contributed by atoms with Crippen LogP contribution in [0.2, 0.25) is 0 Å². The van der Waals surface area contributed by atoms with E-state index in [0.717, 1.165) is 18.4 Å². The maximum absolute atomic E-state index is 9.93. The fourth-order valence-corrected chi connectivity index (χ4v) is 2.27. The maximum Gasteiger partial charge on any atom is 0.226 e. The summed E-state index contributed by atoms with van der Waals surface area (Å²) < 4.78 is 11.3. The summed E-state index contributed by atoms with van der Waals surface area (Å²) in [5.74, 6) is 0.668. The van der Waals surface area contributed by atoms with Gasteiger partial charge in [-0.3, -0.25) is 0 Å². The van der Waals surface area contributed by atoms with Crippen molar-refractivity contribution < 1.29 is 19.7 Å². The summed E-state index contributed by atoms with van der Waals surface area (Å²) in [5.41, 5.74) is 1.15. The van der Waals surface area contributed by atoms with Crippen LogP contribution in [-0.4, -0.2) is 34.8 Å². The zero-order valence-electron chi connectivity index (χ0n) is 11.5. The molecule has 1 saturated heterocycles. The lowest BCUT2D eigenvalue weighted by Gasteiger charge is -2.37. The Morgan fingerprint density at radius 3 is 2.53 bits per heavy atom. The highest BCUT2D eigenvalue weighted by molar-refractivity contribution is 5.26. The highest BCUT2D eigenvalue weighted by Crippen LogP contribution is 2.26. The lowest BCUT2D eigenvalue weighted by atomic mass is 9.99. The van der Waals surface area contributed by atoms with Gasteiger partial charge in [-0.2, -0.15) is 0 Å². The lowest BCUT2D eigenvalue weighted by molar-refractivity contribution is -0.235. The Morgan fingerprint density at radius 1 is 1.21 bits per heavy atom. The summed E-state index contributed by atoms with van der Waals surface area (Å²) in [6.07, 6.45) is -0.401. The van der Waals surface area contributed by atoms with Gasteiger partial charge in [-0.05, 0) is 25.5 Å². The molecule has 106 valence electrons. The topological polar surface area (TPSA) is 58.9 Å². The zero-order valence-corrected chi connectivity index (χ0v) is 11.5. The van der Waals surface area contributed by atoms with Crippen LogP contribution in [0.25, 0.3) is 0 Å². The molecule has 1 aliphatic heterocycles. The van der Waals surface area contributed by atoms with Crippen LogP contribution in [0.1, 0.15) is 31.7 Å². The number of aliphatic hydroxyl groups excluding tert-OH is 2. The van der Waals surface area contributed by atoms with Crippen molar-refractivity contribution in [3.05, 3.63) is 29.8 Å². The Labute approximate surface area is 114 Å². The van der Waals surface area contributed by atoms with E-state index in [1.807, 2.05) is 38.1 Å². The quantitative estimate of drug-likeness (QED) is 0.875. The van der Waals surface area contributed by atoms with Gasteiger partial charge in [0, 0.05) is 6.42 Å². The predicted molar refractivity (Wildman–Crippen MR) is 72.0 cm³/mol. The molecular formula is C15H22O4. The Bertz CT molecular complexity index is 390. The van der Waals surface area contributed by atoms with Gasteiger partial charge >= 0.3 is 0 Å². The summed E-state index contributed by atoms with van der Waals surface area (Å²) in [7, 11) is 0. The van der Waals surface area contributed by atoms with E-state index in [0.29, 0.717) is 12.2 Å². The van der Waals surface area contributed by atoms with Gasteiger partial charge in [0.2, 0.25) is 6.29 Å². The summed E-state index contributed by atoms with van der Waals surface area (Å²) >= 11 is 0. The van der Waals surface area contributed by atoms with E-state index in [1.165, 1.54) is 0 Å². The molecule has 1 aromatic rings. The number of ether oxygens (including phenoxy) is 2. The molecule has 0 aromatic heterocycles. The molecule has 0 radical (unpaired) electrons. The molecule has 1 aliphatic rings. The van der Waals surface area contributed by atoms with Crippen LogP contribution in [0, 0.1) is 6.92 Å². The number of rotatable bonds is 4. The van der Waals surface area contributed by atoms with Crippen molar-refractivity contribution in [3.8, 4) is 5.75 Å². The second-order valence-electron chi connectivity index (χ2n) is 5.13. The standard InChI is InChI=1S/C15H22O4/c1-3-4-14-12(16)9-13(17)15(19-14)18-11-7-5-10(2)6-8-11/h5-8,12-17H,3-4,9H2,1-2H3/t12-,13-,14+,15?/m0/s1. The van der Waals surface area contributed by atoms with E-state index in [-0.39, 0.29) is 6.10 Å². The van der Waals surface area contributed by atoms with E-state index >= 15 is 0 Å². The van der Waals surface area contributed by atoms with Crippen molar-refractivity contribution in [1.82, 2.24) is 0 Å². The fraction of sp³-hybridized carbons (Fsp3) is 0.600. The average molecular weight is 266 g/mol. The maximum atomic E-state index is 9.93. The van der Waals surface area contributed by atoms with Crippen LogP contribution < -0.4 is 4.74 Å². The van der Waals surface area contributed by atoms with Gasteiger partial charge in [0.1, 0.15) is 11.9 Å². The average Bonchev–Trinajstić information content (AvgIpc) is 2.38. The predicted octanol–water partition coefficient (Wildman–Crippen LogP) is 2.01. The number of hydrogen-bond acceptors (Lipinski definition) is 4. The Morgan fingerprint density at radius 2 is 1.89 bits per heavy atom. The molecule has 2 N–H and O–H groups in total. The molecule has 1 unspecified atom stereocenters. The highest BCUT2D eigenvalue weighted by Gasteiger charge is 2.37. The lowest BCUT2D eigenvalue weighted by Crippen LogP contribution is -2.49. The fourth-order valence-electron chi connectivity index (χ4n) is 2.27. The summed E-state index contributed by atoms with van der Waals surface area (Å²) in [5, 5.41) is 19.8. The third kappa shape index (κ3) is 3.69. The van der Waals surface area contributed by atoms with Crippen LogP contribution in [0.4, 0.5) is 0 Å². The third-order valence-corrected chi connectivity index (χ3v) is 3.38. The van der Waals surface area contributed by atoms with Gasteiger partial charge in [-0.15, -0.1) is 0 Å². The normalized spacial score (nSPS) is 31.2. The van der Waals surface area contributed by atoms with Crippen LogP contribution in [0.3, 0.4) is 0 Å². The first kappa shape index (κ1) is 14.3. The van der Waals surface area contributed by atoms with E-state index in [2.05, 4.69) is 0 Å². The van der Waals surface area contributed by atoms with Gasteiger partial charge in [0.25, 0.3) is 0 Å². The minimum absolute atomic E-state index is 0.260. The first-order valence-electron chi connectivity index (χ1n) is 6.85. The zero-order chi connectivity index (χ0) is 13.8. The smallest absolute Gasteiger partial charge is 0.226 e. The number of aryl methyl sites for hydroxylation is 1. The molecule has 4 nitrogen and oxygen atoms in total. The Hall–Kier alpha value is -1.10. The number of hydrogen-bond donors (Lipinski definition) is 2. The van der Waals surface area contributed by atoms with Gasteiger partial charge in [-0.1, -0.05) is 31.0 Å². The van der Waals surface area contributed by atoms with Crippen LogP contribution in [0.15, 0.2) is 24.3 Å². The highest BCUT2D eigenvalue weighted by atomic mass is 16.7. The second-order valence-corrected chi connectivity index (χ2v) is 5.13. The molecule has 4 heteroatoms. The summed E-state index contributed by atoms with van der Waals surface area (Å²) in [4.78, 5) is 0. The number of benzene rings is 1. The molecule has 1 aromatic carbocycles. The van der Waals surface area contributed by atoms with E-state index < -0.39 is 18.5 Å². The Balaban J connectivity index is 2.00. The van der Waals surface area contributed by atoms with Crippen molar-refractivity contribution in [2.75, 3.05) is 0 Å². The van der Waals surface area contributed by atoms with Crippen LogP contribution >= 0.6 is 0 Å². The molecule has 19 heavy (non-hydrogen) atoms. The van der Waals surface area contributed by atoms with Crippen LogP contribution in [0.5, 0.6) is 5.75 Å². The summed E-state index contributed by atoms with van der Waals surface area (Å²) in [6, 6.07) is 7.60. The van der Waals surface area contributed by atoms with E-state index in [1.54, 1.807) is 0 Å². The second kappa shape index (κ2) is 6.37. The minimum Gasteiger partial charge on any atom is -0.462 e. The van der Waals surface area contributed by atoms with Crippen molar-refractivity contribution in [3.63, 3.8) is 0 Å². The van der Waals surface area contributed by atoms with Gasteiger partial charge < -0.3 is 19.7 Å². The molecule has 0 amide bonds. The van der Waals surface area contributed by atoms with Gasteiger partial charge in [-0.25, -0.2) is 0 Å². The minimum atomic E-state index is -0.801. The molecule has 0 aliphatic carbocycles. The van der Waals surface area contributed by atoms with Gasteiger partial charge in [0.05, 0.1) is 12.2 Å². The Kier molecular flexibility index (Phi) is 4.80. The molecule has 0 bridgehead atoms. The molecular weight excluding hydrogens is 244 g/mol. The molecule has 2 rings (SSSR count). The van der Waals surface area contributed by atoms with Crippen molar-refractivity contribution in [2.24, 2.45) is 0 Å². The van der Waals surface area contributed by atoms with E-state index in [9.17, 15) is 10.2 Å². The van der Waals surface area contributed by atoms with E-state index in [4.69, 9.17) is 9.47 Å². The van der Waals surface area contributed by atoms with Gasteiger partial charge in [0.15, 0.2) is 0 Å². The monoisotopic (exact) mass is 266 g/mol. The SMILES string of the molecule is CCC[C@H]1OC(Oc2ccc(C)cc2)[C@@H](O)C[C@@H]1O. The summed E-state index contributed by atoms with van der Waals surface area (Å²) in [6.45, 7) is 4.04. The number of aliphatic hydroxyl groups is 2. The first-order chi connectivity index (χ1) is 9.10. The molecule has 4 atom stereocenters. The molecule has 1 fully saturated rings. The van der Waals surface area contributed by atoms with Crippen molar-refractivity contribution in [1.29, 1.82) is 0 Å². The van der Waals surface area contributed by atoms with Crippen molar-refractivity contribution >= 4 is 0 Å². The molecule has 1 heterocycles. The van der Waals surface area contributed by atoms with Crippen molar-refractivity contribution in [2.45, 2.75) is 57.7 Å². The molecule has 0 saturated carbocycles. The third-order valence-electron chi connectivity index (χ3n) is 3.38. The largest absolute Gasteiger partial charge is 0.462 e. The molecule has 0 spiro atoms. The first-order valence-corrected chi connectivity index (χ1v) is 6.85. The van der Waals surface area contributed by atoms with Crippen LogP contribution in [-0.2, 0) is 4.74 Å².